The highest BCUT2D eigenvalue weighted by molar-refractivity contribution is 7.85. The summed E-state index contributed by atoms with van der Waals surface area (Å²) in [6.07, 6.45) is -0.532. The van der Waals surface area contributed by atoms with Crippen LogP contribution in [0.1, 0.15) is 40.7 Å². The van der Waals surface area contributed by atoms with Gasteiger partial charge in [-0.3, -0.25) is 29.2 Å². The third-order valence-corrected chi connectivity index (χ3v) is 7.03. The molecule has 9 nitrogen and oxygen atoms in total. The van der Waals surface area contributed by atoms with Crippen molar-refractivity contribution in [3.05, 3.63) is 34.9 Å². The maximum Gasteiger partial charge on any atom is 0.265 e. The molecule has 3 amide bonds. The number of carbonyl (C=O) groups excluding carboxylic acids is 3. The number of hydrogen-bond acceptors (Lipinski definition) is 6. The van der Waals surface area contributed by atoms with Crippen LogP contribution in [0.3, 0.4) is 0 Å². The minimum absolute atomic E-state index is 0.0681. The molecule has 0 bridgehead atoms. The van der Waals surface area contributed by atoms with Gasteiger partial charge in [0.1, 0.15) is 12.2 Å². The Morgan fingerprint density at radius 2 is 1.97 bits per heavy atom. The number of halogens is 1. The van der Waals surface area contributed by atoms with E-state index >= 15 is 0 Å². The van der Waals surface area contributed by atoms with Crippen LogP contribution in [-0.4, -0.2) is 71.5 Å². The third-order valence-electron chi connectivity index (χ3n) is 6.18. The van der Waals surface area contributed by atoms with Crippen LogP contribution in [0, 0.1) is 5.92 Å². The highest BCUT2D eigenvalue weighted by Crippen LogP contribution is 2.29. The third kappa shape index (κ3) is 4.78. The summed E-state index contributed by atoms with van der Waals surface area (Å²) in [6.45, 7) is 1.28. The number of carbonyl (C=O) groups is 3. The fraction of sp³-hybridized carbons (Fsp3) is 0.550. The fourth-order valence-corrected chi connectivity index (χ4v) is 5.52. The van der Waals surface area contributed by atoms with Crippen molar-refractivity contribution in [3.63, 3.8) is 0 Å². The molecule has 0 radical (unpaired) electrons. The van der Waals surface area contributed by atoms with Crippen molar-refractivity contribution < 1.29 is 31.7 Å². The maximum atomic E-state index is 14.4. The number of hydrogen-bond donors (Lipinski definition) is 2. The van der Waals surface area contributed by atoms with E-state index in [4.69, 9.17) is 4.55 Å². The molecule has 168 valence electrons. The normalized spacial score (nSPS) is 27.4. The van der Waals surface area contributed by atoms with E-state index in [9.17, 15) is 27.2 Å². The quantitative estimate of drug-likeness (QED) is 0.491. The van der Waals surface area contributed by atoms with Crippen molar-refractivity contribution in [1.82, 2.24) is 15.1 Å². The van der Waals surface area contributed by atoms with Crippen molar-refractivity contribution in [1.29, 1.82) is 0 Å². The van der Waals surface area contributed by atoms with Crippen molar-refractivity contribution >= 4 is 27.8 Å². The molecule has 4 rings (SSSR count). The average Bonchev–Trinajstić information content (AvgIpc) is 2.99. The van der Waals surface area contributed by atoms with Gasteiger partial charge < -0.3 is 4.90 Å². The predicted molar refractivity (Wildman–Crippen MR) is 107 cm³/mol. The van der Waals surface area contributed by atoms with Gasteiger partial charge in [-0.25, -0.2) is 4.39 Å². The number of amides is 3. The number of likely N-dealkylation sites (tertiary alicyclic amines) is 1. The summed E-state index contributed by atoms with van der Waals surface area (Å²) in [5, 5.41) is 2.27. The van der Waals surface area contributed by atoms with Gasteiger partial charge in [-0.2, -0.15) is 8.42 Å². The number of piperidine rings is 2. The largest absolute Gasteiger partial charge is 0.322 e. The Kier molecular flexibility index (Phi) is 5.84. The number of alkyl halides is 1. The zero-order valence-corrected chi connectivity index (χ0v) is 17.6. The molecule has 0 aliphatic carbocycles. The average molecular weight is 453 g/mol. The Morgan fingerprint density at radius 1 is 1.19 bits per heavy atom. The molecule has 1 aromatic rings. The van der Waals surface area contributed by atoms with Crippen LogP contribution in [0.2, 0.25) is 0 Å². The minimum atomic E-state index is -4.21. The van der Waals surface area contributed by atoms with Crippen molar-refractivity contribution in [2.45, 2.75) is 44.6 Å². The first-order valence-corrected chi connectivity index (χ1v) is 11.8. The molecule has 2 N–H and O–H groups in total. The highest BCUT2D eigenvalue weighted by atomic mass is 32.2. The Hall–Kier alpha value is -2.37. The molecule has 3 aliphatic rings. The Bertz CT molecular complexity index is 1030. The smallest absolute Gasteiger partial charge is 0.265 e. The zero-order chi connectivity index (χ0) is 22.3. The molecule has 3 aliphatic heterocycles. The van der Waals surface area contributed by atoms with Crippen molar-refractivity contribution in [2.24, 2.45) is 5.92 Å². The van der Waals surface area contributed by atoms with Gasteiger partial charge in [0.05, 0.1) is 5.75 Å². The van der Waals surface area contributed by atoms with E-state index in [0.717, 1.165) is 11.1 Å². The zero-order valence-electron chi connectivity index (χ0n) is 16.8. The molecular weight excluding hydrogens is 429 g/mol. The molecule has 0 saturated carbocycles. The van der Waals surface area contributed by atoms with Crippen molar-refractivity contribution in [2.75, 3.05) is 18.8 Å². The van der Waals surface area contributed by atoms with Gasteiger partial charge in [0.15, 0.2) is 0 Å². The van der Waals surface area contributed by atoms with E-state index in [1.165, 1.54) is 4.90 Å². The predicted octanol–water partition coefficient (Wildman–Crippen LogP) is 0.495. The van der Waals surface area contributed by atoms with E-state index in [0.29, 0.717) is 31.5 Å². The number of imide groups is 1. The second-order valence-corrected chi connectivity index (χ2v) is 9.94. The molecule has 3 unspecified atom stereocenters. The lowest BCUT2D eigenvalue weighted by molar-refractivity contribution is -0.136. The summed E-state index contributed by atoms with van der Waals surface area (Å²) in [6, 6.07) is 4.70. The SMILES string of the molecule is O=C1CCC(N2Cc3cc(CN4CCC(CS(=O)(=O)O)C(F)C4)ccc3C2=O)C(=O)N1. The van der Waals surface area contributed by atoms with Crippen LogP contribution < -0.4 is 5.32 Å². The Labute approximate surface area is 179 Å². The molecule has 2 saturated heterocycles. The fourth-order valence-electron chi connectivity index (χ4n) is 4.60. The van der Waals surface area contributed by atoms with E-state index in [2.05, 4.69) is 5.32 Å². The molecule has 3 heterocycles. The van der Waals surface area contributed by atoms with Gasteiger partial charge >= 0.3 is 0 Å². The van der Waals surface area contributed by atoms with Crippen LogP contribution in [0.15, 0.2) is 18.2 Å². The molecule has 0 spiro atoms. The number of nitrogens with zero attached hydrogens (tertiary/aromatic N) is 2. The maximum absolute atomic E-state index is 14.4. The van der Waals surface area contributed by atoms with Crippen molar-refractivity contribution in [3.8, 4) is 0 Å². The highest BCUT2D eigenvalue weighted by Gasteiger charge is 2.39. The topological polar surface area (TPSA) is 124 Å². The lowest BCUT2D eigenvalue weighted by atomic mass is 9.96. The molecule has 0 aromatic heterocycles. The monoisotopic (exact) mass is 453 g/mol. The Balaban J connectivity index is 1.40. The molecule has 31 heavy (non-hydrogen) atoms. The second-order valence-electron chi connectivity index (χ2n) is 8.44. The van der Waals surface area contributed by atoms with E-state index in [1.807, 2.05) is 11.0 Å². The lowest BCUT2D eigenvalue weighted by Crippen LogP contribution is -2.52. The number of rotatable bonds is 5. The van der Waals surface area contributed by atoms with Gasteiger partial charge in [0.2, 0.25) is 11.8 Å². The standard InChI is InChI=1S/C20H24FN3O6S/c21-16-10-23(6-5-13(16)11-31(28,29)30)8-12-1-2-15-14(7-12)9-24(20(15)27)17-3-4-18(25)22-19(17)26/h1-2,7,13,16-17H,3-6,8-11H2,(H,22,25,26)(H,28,29,30). The lowest BCUT2D eigenvalue weighted by Gasteiger charge is -2.34. The second kappa shape index (κ2) is 8.29. The first-order valence-electron chi connectivity index (χ1n) is 10.2. The molecule has 3 atom stereocenters. The van der Waals surface area contributed by atoms with Gasteiger partial charge in [-0.05, 0) is 36.6 Å². The molecular formula is C20H24FN3O6S. The molecule has 11 heteroatoms. The molecule has 1 aromatic carbocycles. The van der Waals surface area contributed by atoms with Gasteiger partial charge in [0.25, 0.3) is 16.0 Å². The number of nitrogens with one attached hydrogen (secondary N) is 1. The first kappa shape index (κ1) is 21.8. The van der Waals surface area contributed by atoms with Gasteiger partial charge in [-0.15, -0.1) is 0 Å². The van der Waals surface area contributed by atoms with Gasteiger partial charge in [0, 0.05) is 37.5 Å². The minimum Gasteiger partial charge on any atom is -0.322 e. The van der Waals surface area contributed by atoms with E-state index < -0.39 is 39.9 Å². The summed E-state index contributed by atoms with van der Waals surface area (Å²) in [7, 11) is -4.21. The first-order chi connectivity index (χ1) is 14.6. The number of benzene rings is 1. The van der Waals surface area contributed by atoms with Gasteiger partial charge in [-0.1, -0.05) is 12.1 Å². The summed E-state index contributed by atoms with van der Waals surface area (Å²) in [5.74, 6) is -2.32. The number of fused-ring (bicyclic) bond motifs is 1. The van der Waals surface area contributed by atoms with Crippen LogP contribution in [0.25, 0.3) is 0 Å². The summed E-state index contributed by atoms with van der Waals surface area (Å²) >= 11 is 0. The Morgan fingerprint density at radius 3 is 2.65 bits per heavy atom. The molecule has 2 fully saturated rings. The van der Waals surface area contributed by atoms with Crippen LogP contribution in [-0.2, 0) is 32.8 Å². The van der Waals surface area contributed by atoms with Crippen LogP contribution >= 0.6 is 0 Å². The van der Waals surface area contributed by atoms with E-state index in [-0.39, 0.29) is 31.3 Å². The van der Waals surface area contributed by atoms with E-state index in [1.54, 1.807) is 12.1 Å². The van der Waals surface area contributed by atoms with Crippen LogP contribution in [0.4, 0.5) is 4.39 Å². The van der Waals surface area contributed by atoms with Crippen LogP contribution in [0.5, 0.6) is 0 Å². The summed E-state index contributed by atoms with van der Waals surface area (Å²) in [4.78, 5) is 39.6. The summed E-state index contributed by atoms with van der Waals surface area (Å²) in [5.41, 5.74) is 2.19. The summed E-state index contributed by atoms with van der Waals surface area (Å²) < 4.78 is 45.4.